The number of aliphatic carboxylic acids is 1. The molecular formula is C14H19N3O3. The van der Waals surface area contributed by atoms with E-state index in [1.807, 2.05) is 4.90 Å². The van der Waals surface area contributed by atoms with Crippen LogP contribution in [-0.2, 0) is 4.79 Å². The van der Waals surface area contributed by atoms with E-state index in [1.54, 1.807) is 19.4 Å². The molecule has 0 radical (unpaired) electrons. The molecule has 1 N–H and O–H groups in total. The first kappa shape index (κ1) is 13.1. The maximum Gasteiger partial charge on any atom is 0.326 e. The Morgan fingerprint density at radius 3 is 3.00 bits per heavy atom. The Bertz CT molecular complexity index is 508. The number of ether oxygens (including phenoxy) is 1. The molecule has 1 saturated carbocycles. The van der Waals surface area contributed by atoms with Gasteiger partial charge in [-0.3, -0.25) is 0 Å². The Morgan fingerprint density at radius 1 is 1.45 bits per heavy atom. The predicted octanol–water partition coefficient (Wildman–Crippen LogP) is 1.71. The molecule has 0 amide bonds. The number of hydrogen-bond acceptors (Lipinski definition) is 5. The van der Waals surface area contributed by atoms with Gasteiger partial charge in [0.15, 0.2) is 0 Å². The molecule has 20 heavy (non-hydrogen) atoms. The van der Waals surface area contributed by atoms with Crippen molar-refractivity contribution < 1.29 is 14.6 Å². The summed E-state index contributed by atoms with van der Waals surface area (Å²) >= 11 is 0. The molecule has 6 nitrogen and oxygen atoms in total. The molecular weight excluding hydrogens is 258 g/mol. The number of anilines is 1. The number of carbonyl (C=O) groups is 1. The summed E-state index contributed by atoms with van der Waals surface area (Å²) in [6.45, 7) is 0. The van der Waals surface area contributed by atoms with Crippen LogP contribution >= 0.6 is 0 Å². The van der Waals surface area contributed by atoms with E-state index in [-0.39, 0.29) is 6.04 Å². The topological polar surface area (TPSA) is 75.5 Å². The number of rotatable bonds is 3. The highest BCUT2D eigenvalue weighted by atomic mass is 16.5. The minimum Gasteiger partial charge on any atom is -0.481 e. The highest BCUT2D eigenvalue weighted by Crippen LogP contribution is 2.41. The second-order valence-corrected chi connectivity index (χ2v) is 5.51. The van der Waals surface area contributed by atoms with Crippen LogP contribution in [0.25, 0.3) is 0 Å². The number of carboxylic acid groups (broad SMARTS) is 1. The molecule has 6 heteroatoms. The molecule has 0 spiro atoms. The van der Waals surface area contributed by atoms with Crippen LogP contribution in [0.4, 0.5) is 5.95 Å². The summed E-state index contributed by atoms with van der Waals surface area (Å²) in [6, 6.07) is 1.40. The molecule has 2 aliphatic rings. The van der Waals surface area contributed by atoms with Crippen LogP contribution in [0.5, 0.6) is 5.88 Å². The zero-order valence-corrected chi connectivity index (χ0v) is 11.5. The van der Waals surface area contributed by atoms with E-state index in [4.69, 9.17) is 4.74 Å². The minimum absolute atomic E-state index is 0.247. The summed E-state index contributed by atoms with van der Waals surface area (Å²) in [5.74, 6) is 0.606. The minimum atomic E-state index is -0.786. The maximum atomic E-state index is 11.6. The summed E-state index contributed by atoms with van der Waals surface area (Å²) in [7, 11) is 1.55. The second kappa shape index (κ2) is 5.26. The van der Waals surface area contributed by atoms with Crippen LogP contribution in [0.1, 0.15) is 32.1 Å². The van der Waals surface area contributed by atoms with Crippen molar-refractivity contribution >= 4 is 11.9 Å². The van der Waals surface area contributed by atoms with Gasteiger partial charge in [0.1, 0.15) is 6.04 Å². The largest absolute Gasteiger partial charge is 0.481 e. The Kier molecular flexibility index (Phi) is 3.46. The first-order chi connectivity index (χ1) is 9.70. The third kappa shape index (κ3) is 2.19. The fourth-order valence-electron chi connectivity index (χ4n) is 3.54. The number of nitrogens with zero attached hydrogens (tertiary/aromatic N) is 3. The van der Waals surface area contributed by atoms with Gasteiger partial charge in [-0.2, -0.15) is 4.98 Å². The highest BCUT2D eigenvalue weighted by Gasteiger charge is 2.46. The van der Waals surface area contributed by atoms with Crippen molar-refractivity contribution in [1.82, 2.24) is 9.97 Å². The van der Waals surface area contributed by atoms with Gasteiger partial charge < -0.3 is 14.7 Å². The number of carboxylic acids is 1. The van der Waals surface area contributed by atoms with Crippen LogP contribution in [0.3, 0.4) is 0 Å². The molecule has 3 rings (SSSR count). The van der Waals surface area contributed by atoms with E-state index in [9.17, 15) is 9.90 Å². The van der Waals surface area contributed by atoms with Crippen LogP contribution in [0.2, 0.25) is 0 Å². The van der Waals surface area contributed by atoms with Crippen molar-refractivity contribution in [2.75, 3.05) is 12.0 Å². The molecule has 2 heterocycles. The Hall–Kier alpha value is -1.85. The molecule has 1 saturated heterocycles. The predicted molar refractivity (Wildman–Crippen MR) is 72.8 cm³/mol. The molecule has 0 aromatic carbocycles. The monoisotopic (exact) mass is 277 g/mol. The van der Waals surface area contributed by atoms with Gasteiger partial charge in [-0.15, -0.1) is 0 Å². The number of hydrogen-bond donors (Lipinski definition) is 1. The van der Waals surface area contributed by atoms with Gasteiger partial charge >= 0.3 is 5.97 Å². The lowest BCUT2D eigenvalue weighted by molar-refractivity contribution is -0.138. The third-order valence-corrected chi connectivity index (χ3v) is 4.43. The average molecular weight is 277 g/mol. The van der Waals surface area contributed by atoms with E-state index in [2.05, 4.69) is 9.97 Å². The standard InChI is InChI=1S/C14H19N3O3/c1-20-12-6-7-15-14(16-12)17-10-5-3-2-4-9(10)8-11(17)13(18)19/h6-7,9-11H,2-5,8H2,1H3,(H,18,19). The van der Waals surface area contributed by atoms with Crippen LogP contribution < -0.4 is 9.64 Å². The van der Waals surface area contributed by atoms with E-state index in [0.717, 1.165) is 19.3 Å². The van der Waals surface area contributed by atoms with Crippen LogP contribution in [0, 0.1) is 5.92 Å². The van der Waals surface area contributed by atoms with E-state index < -0.39 is 12.0 Å². The second-order valence-electron chi connectivity index (χ2n) is 5.51. The number of fused-ring (bicyclic) bond motifs is 1. The van der Waals surface area contributed by atoms with E-state index in [0.29, 0.717) is 24.2 Å². The fraction of sp³-hybridized carbons (Fsp3) is 0.643. The van der Waals surface area contributed by atoms with Gasteiger partial charge in [-0.05, 0) is 25.2 Å². The number of aromatic nitrogens is 2. The molecule has 108 valence electrons. The van der Waals surface area contributed by atoms with Crippen LogP contribution in [0.15, 0.2) is 12.3 Å². The van der Waals surface area contributed by atoms with Gasteiger partial charge in [-0.1, -0.05) is 12.8 Å². The molecule has 1 aromatic rings. The van der Waals surface area contributed by atoms with Crippen LogP contribution in [-0.4, -0.2) is 40.2 Å². The summed E-state index contributed by atoms with van der Waals surface area (Å²) < 4.78 is 5.12. The fourth-order valence-corrected chi connectivity index (χ4v) is 3.54. The van der Waals surface area contributed by atoms with Crippen molar-refractivity contribution in [3.63, 3.8) is 0 Å². The van der Waals surface area contributed by atoms with E-state index in [1.165, 1.54) is 6.42 Å². The van der Waals surface area contributed by atoms with Crippen molar-refractivity contribution in [1.29, 1.82) is 0 Å². The first-order valence-corrected chi connectivity index (χ1v) is 7.09. The molecule has 3 atom stereocenters. The van der Waals surface area contributed by atoms with Crippen molar-refractivity contribution in [2.24, 2.45) is 5.92 Å². The zero-order chi connectivity index (χ0) is 14.1. The average Bonchev–Trinajstić information content (AvgIpc) is 2.87. The first-order valence-electron chi connectivity index (χ1n) is 7.09. The zero-order valence-electron chi connectivity index (χ0n) is 11.5. The summed E-state index contributed by atoms with van der Waals surface area (Å²) in [5.41, 5.74) is 0. The Morgan fingerprint density at radius 2 is 2.25 bits per heavy atom. The quantitative estimate of drug-likeness (QED) is 0.906. The van der Waals surface area contributed by atoms with Gasteiger partial charge in [-0.25, -0.2) is 9.78 Å². The van der Waals surface area contributed by atoms with Gasteiger partial charge in [0.2, 0.25) is 11.8 Å². The lowest BCUT2D eigenvalue weighted by Gasteiger charge is -2.32. The Labute approximate surface area is 117 Å². The Balaban J connectivity index is 1.95. The molecule has 1 aliphatic heterocycles. The summed E-state index contributed by atoms with van der Waals surface area (Å²) in [4.78, 5) is 22.0. The van der Waals surface area contributed by atoms with Crippen molar-refractivity contribution in [3.05, 3.63) is 12.3 Å². The summed E-state index contributed by atoms with van der Waals surface area (Å²) in [5, 5.41) is 9.49. The lowest BCUT2D eigenvalue weighted by atomic mass is 9.85. The molecule has 3 unspecified atom stereocenters. The molecule has 1 aromatic heterocycles. The van der Waals surface area contributed by atoms with Gasteiger partial charge in [0.05, 0.1) is 7.11 Å². The molecule has 0 bridgehead atoms. The molecule has 2 fully saturated rings. The lowest BCUT2D eigenvalue weighted by Crippen LogP contribution is -2.43. The highest BCUT2D eigenvalue weighted by molar-refractivity contribution is 5.78. The normalized spacial score (nSPS) is 29.1. The van der Waals surface area contributed by atoms with Gasteiger partial charge in [0.25, 0.3) is 0 Å². The van der Waals surface area contributed by atoms with Gasteiger partial charge in [0, 0.05) is 18.3 Å². The van der Waals surface area contributed by atoms with Crippen molar-refractivity contribution in [2.45, 2.75) is 44.2 Å². The summed E-state index contributed by atoms with van der Waals surface area (Å²) in [6.07, 6.45) is 6.79. The van der Waals surface area contributed by atoms with E-state index >= 15 is 0 Å². The maximum absolute atomic E-state index is 11.6. The van der Waals surface area contributed by atoms with Crippen molar-refractivity contribution in [3.8, 4) is 5.88 Å². The SMILES string of the molecule is COc1ccnc(N2C(C(=O)O)CC3CCCCC32)n1. The smallest absolute Gasteiger partial charge is 0.326 e. The molecule has 1 aliphatic carbocycles. The number of methoxy groups -OCH3 is 1. The third-order valence-electron chi connectivity index (χ3n) is 4.43.